The Morgan fingerprint density at radius 2 is 1.87 bits per heavy atom. The molecule has 0 bridgehead atoms. The van der Waals surface area contributed by atoms with E-state index in [4.69, 9.17) is 15.2 Å². The summed E-state index contributed by atoms with van der Waals surface area (Å²) in [7, 11) is 1.48. The van der Waals surface area contributed by atoms with Crippen molar-refractivity contribution in [2.75, 3.05) is 7.11 Å². The van der Waals surface area contributed by atoms with E-state index in [-0.39, 0.29) is 0 Å². The number of methoxy groups -OCH3 is 1. The average molecular weight is 313 g/mol. The number of nitrogens with two attached hydrogens (primary N) is 1. The normalized spacial score (nSPS) is 13.4. The molecule has 2 N–H and O–H groups in total. The summed E-state index contributed by atoms with van der Waals surface area (Å²) in [6, 6.07) is 13.6. The van der Waals surface area contributed by atoms with E-state index in [1.165, 1.54) is 12.7 Å². The third-order valence-electron chi connectivity index (χ3n) is 4.12. The summed E-state index contributed by atoms with van der Waals surface area (Å²) in [4.78, 5) is 11.8. The zero-order chi connectivity index (χ0) is 17.0. The van der Waals surface area contributed by atoms with Gasteiger partial charge in [0.1, 0.15) is 12.4 Å². The van der Waals surface area contributed by atoms with Gasteiger partial charge in [-0.15, -0.1) is 0 Å². The maximum Gasteiger partial charge on any atom is 0.254 e. The van der Waals surface area contributed by atoms with Gasteiger partial charge in [0.25, 0.3) is 5.91 Å². The lowest BCUT2D eigenvalue weighted by atomic mass is 9.91. The lowest BCUT2D eigenvalue weighted by Gasteiger charge is -2.27. The van der Waals surface area contributed by atoms with Crippen LogP contribution in [0.5, 0.6) is 5.75 Å². The molecule has 0 fully saturated rings. The van der Waals surface area contributed by atoms with Gasteiger partial charge in [-0.25, -0.2) is 0 Å². The third-order valence-corrected chi connectivity index (χ3v) is 4.12. The molecule has 0 saturated carbocycles. The van der Waals surface area contributed by atoms with Crippen LogP contribution in [0.15, 0.2) is 42.5 Å². The summed E-state index contributed by atoms with van der Waals surface area (Å²) in [6.07, 6.45) is 0. The zero-order valence-electron chi connectivity index (χ0n) is 14.1. The van der Waals surface area contributed by atoms with E-state index < -0.39 is 11.5 Å². The van der Waals surface area contributed by atoms with Gasteiger partial charge in [-0.05, 0) is 43.5 Å². The summed E-state index contributed by atoms with van der Waals surface area (Å²) in [5.41, 5.74) is 8.21. The molecule has 0 spiro atoms. The fourth-order valence-electron chi connectivity index (χ4n) is 2.57. The fraction of sp³-hybridized carbons (Fsp3) is 0.316. The third kappa shape index (κ3) is 3.54. The van der Waals surface area contributed by atoms with Crippen LogP contribution in [0.25, 0.3) is 0 Å². The minimum absolute atomic E-state index is 0.340. The Bertz CT molecular complexity index is 712. The Balaban J connectivity index is 2.29. The predicted molar refractivity (Wildman–Crippen MR) is 90.2 cm³/mol. The number of aryl methyl sites for hydroxylation is 2. The van der Waals surface area contributed by atoms with Crippen molar-refractivity contribution in [1.82, 2.24) is 0 Å². The van der Waals surface area contributed by atoms with Crippen LogP contribution in [0, 0.1) is 13.8 Å². The summed E-state index contributed by atoms with van der Waals surface area (Å²) in [5, 5.41) is 0. The number of hydrogen-bond acceptors (Lipinski definition) is 3. The molecule has 2 rings (SSSR count). The summed E-state index contributed by atoms with van der Waals surface area (Å²) < 4.78 is 11.3. The molecule has 2 aromatic carbocycles. The molecule has 0 aliphatic rings. The first kappa shape index (κ1) is 17.0. The highest BCUT2D eigenvalue weighted by atomic mass is 16.5. The Morgan fingerprint density at radius 1 is 1.17 bits per heavy atom. The van der Waals surface area contributed by atoms with Crippen molar-refractivity contribution in [3.63, 3.8) is 0 Å². The predicted octanol–water partition coefficient (Wildman–Crippen LogP) is 3.23. The fourth-order valence-corrected chi connectivity index (χ4v) is 2.57. The minimum Gasteiger partial charge on any atom is -0.489 e. The van der Waals surface area contributed by atoms with E-state index in [1.807, 2.05) is 50.2 Å². The molecule has 122 valence electrons. The van der Waals surface area contributed by atoms with Crippen LogP contribution >= 0.6 is 0 Å². The number of carbonyl (C=O) groups excluding carboxylic acids is 1. The molecule has 0 saturated heterocycles. The lowest BCUT2D eigenvalue weighted by Crippen LogP contribution is -2.41. The Morgan fingerprint density at radius 3 is 2.48 bits per heavy atom. The highest BCUT2D eigenvalue weighted by Crippen LogP contribution is 2.29. The van der Waals surface area contributed by atoms with Gasteiger partial charge in [0.15, 0.2) is 5.60 Å². The monoisotopic (exact) mass is 313 g/mol. The first-order valence-electron chi connectivity index (χ1n) is 7.52. The van der Waals surface area contributed by atoms with Crippen LogP contribution in [0.4, 0.5) is 0 Å². The molecule has 1 amide bonds. The van der Waals surface area contributed by atoms with Gasteiger partial charge in [-0.3, -0.25) is 4.79 Å². The van der Waals surface area contributed by atoms with Gasteiger partial charge in [0.05, 0.1) is 0 Å². The number of benzene rings is 2. The molecular formula is C19H23NO3. The molecule has 0 aliphatic heterocycles. The average Bonchev–Trinajstić information content (AvgIpc) is 2.53. The second-order valence-electron chi connectivity index (χ2n) is 5.82. The SMILES string of the molecule is COC(C)(C(N)=O)c1ccccc1COc1ccc(C)cc1C. The first-order chi connectivity index (χ1) is 10.9. The number of carbonyl (C=O) groups is 1. The number of rotatable bonds is 6. The van der Waals surface area contributed by atoms with Crippen molar-refractivity contribution in [2.24, 2.45) is 5.73 Å². The van der Waals surface area contributed by atoms with Crippen LogP contribution in [0.1, 0.15) is 29.2 Å². The van der Waals surface area contributed by atoms with Gasteiger partial charge >= 0.3 is 0 Å². The zero-order valence-corrected chi connectivity index (χ0v) is 14.1. The largest absolute Gasteiger partial charge is 0.489 e. The van der Waals surface area contributed by atoms with Crippen molar-refractivity contribution in [2.45, 2.75) is 33.0 Å². The number of amides is 1. The first-order valence-corrected chi connectivity index (χ1v) is 7.52. The molecule has 0 heterocycles. The van der Waals surface area contributed by atoms with Crippen LogP contribution in [0.3, 0.4) is 0 Å². The van der Waals surface area contributed by atoms with Gasteiger partial charge in [-0.1, -0.05) is 42.0 Å². The topological polar surface area (TPSA) is 61.5 Å². The molecule has 23 heavy (non-hydrogen) atoms. The van der Waals surface area contributed by atoms with Gasteiger partial charge < -0.3 is 15.2 Å². The number of ether oxygens (including phenoxy) is 2. The summed E-state index contributed by atoms with van der Waals surface area (Å²) >= 11 is 0. The minimum atomic E-state index is -1.18. The van der Waals surface area contributed by atoms with E-state index in [2.05, 4.69) is 6.07 Å². The molecule has 0 aliphatic carbocycles. The Hall–Kier alpha value is -2.33. The molecule has 1 unspecified atom stereocenters. The molecule has 1 atom stereocenters. The maximum absolute atomic E-state index is 11.8. The maximum atomic E-state index is 11.8. The van der Waals surface area contributed by atoms with Crippen LogP contribution in [0.2, 0.25) is 0 Å². The quantitative estimate of drug-likeness (QED) is 0.890. The smallest absolute Gasteiger partial charge is 0.254 e. The van der Waals surface area contributed by atoms with E-state index in [0.29, 0.717) is 6.61 Å². The summed E-state index contributed by atoms with van der Waals surface area (Å²) in [5.74, 6) is 0.294. The van der Waals surface area contributed by atoms with Crippen LogP contribution < -0.4 is 10.5 Å². The standard InChI is InChI=1S/C19H23NO3/c1-13-9-10-17(14(2)11-13)23-12-15-7-5-6-8-16(15)19(3,22-4)18(20)21/h5-11H,12H2,1-4H3,(H2,20,21). The molecule has 0 radical (unpaired) electrons. The summed E-state index contributed by atoms with van der Waals surface area (Å²) in [6.45, 7) is 6.07. The van der Waals surface area contributed by atoms with Gasteiger partial charge in [-0.2, -0.15) is 0 Å². The van der Waals surface area contributed by atoms with E-state index in [0.717, 1.165) is 22.4 Å². The molecule has 2 aromatic rings. The van der Waals surface area contributed by atoms with Crippen LogP contribution in [-0.2, 0) is 21.7 Å². The Kier molecular flexibility index (Phi) is 5.06. The van der Waals surface area contributed by atoms with Crippen molar-refractivity contribution in [3.05, 3.63) is 64.7 Å². The van der Waals surface area contributed by atoms with Crippen molar-refractivity contribution in [3.8, 4) is 5.75 Å². The molecular weight excluding hydrogens is 290 g/mol. The van der Waals surface area contributed by atoms with Crippen molar-refractivity contribution in [1.29, 1.82) is 0 Å². The van der Waals surface area contributed by atoms with E-state index in [1.54, 1.807) is 6.92 Å². The lowest BCUT2D eigenvalue weighted by molar-refractivity contribution is -0.139. The van der Waals surface area contributed by atoms with Gasteiger partial charge in [0.2, 0.25) is 0 Å². The van der Waals surface area contributed by atoms with E-state index in [9.17, 15) is 4.79 Å². The van der Waals surface area contributed by atoms with Crippen molar-refractivity contribution < 1.29 is 14.3 Å². The second-order valence-corrected chi connectivity index (χ2v) is 5.82. The molecule has 4 nitrogen and oxygen atoms in total. The van der Waals surface area contributed by atoms with Crippen LogP contribution in [-0.4, -0.2) is 13.0 Å². The van der Waals surface area contributed by atoms with Crippen molar-refractivity contribution >= 4 is 5.91 Å². The highest BCUT2D eigenvalue weighted by molar-refractivity contribution is 5.85. The van der Waals surface area contributed by atoms with E-state index >= 15 is 0 Å². The molecule has 0 aromatic heterocycles. The number of hydrogen-bond donors (Lipinski definition) is 1. The second kappa shape index (κ2) is 6.84. The van der Waals surface area contributed by atoms with Gasteiger partial charge in [0, 0.05) is 7.11 Å². The Labute approximate surface area is 137 Å². The highest BCUT2D eigenvalue weighted by Gasteiger charge is 2.35. The number of primary amides is 1. The molecule has 4 heteroatoms.